The summed E-state index contributed by atoms with van der Waals surface area (Å²) in [5.41, 5.74) is 0. The lowest BCUT2D eigenvalue weighted by molar-refractivity contribution is 0.116. The van der Waals surface area contributed by atoms with Crippen LogP contribution in [0.15, 0.2) is 0 Å². The Morgan fingerprint density at radius 2 is 2.00 bits per heavy atom. The van der Waals surface area contributed by atoms with Crippen LogP contribution in [-0.2, 0) is 14.8 Å². The van der Waals surface area contributed by atoms with Crippen LogP contribution in [0.2, 0.25) is 0 Å². The first-order chi connectivity index (χ1) is 8.07. The Morgan fingerprint density at radius 1 is 1.29 bits per heavy atom. The minimum absolute atomic E-state index is 0.00204. The van der Waals surface area contributed by atoms with Gasteiger partial charge in [0, 0.05) is 12.6 Å². The van der Waals surface area contributed by atoms with Crippen LogP contribution in [0.3, 0.4) is 0 Å². The van der Waals surface area contributed by atoms with Crippen molar-refractivity contribution in [3.8, 4) is 0 Å². The van der Waals surface area contributed by atoms with Crippen LogP contribution in [0, 0.1) is 5.92 Å². The summed E-state index contributed by atoms with van der Waals surface area (Å²) in [6, 6.07) is -0.0401. The van der Waals surface area contributed by atoms with Gasteiger partial charge in [0.2, 0.25) is 10.0 Å². The van der Waals surface area contributed by atoms with Crippen molar-refractivity contribution in [2.45, 2.75) is 38.3 Å². The zero-order valence-electron chi connectivity index (χ0n) is 10.3. The standard InChI is InChI=1S/C11H22N2O3S/c1-9-11(4-7-16-9)13-17(14,15)8-10-2-5-12-6-3-10/h9-13H,2-8H2,1H3. The van der Waals surface area contributed by atoms with Crippen molar-refractivity contribution in [2.24, 2.45) is 5.92 Å². The molecule has 0 saturated carbocycles. The number of piperidine rings is 1. The van der Waals surface area contributed by atoms with E-state index >= 15 is 0 Å². The largest absolute Gasteiger partial charge is 0.377 e. The van der Waals surface area contributed by atoms with E-state index in [2.05, 4.69) is 10.0 Å². The molecule has 0 bridgehead atoms. The maximum absolute atomic E-state index is 12.0. The molecule has 2 unspecified atom stereocenters. The summed E-state index contributed by atoms with van der Waals surface area (Å²) in [4.78, 5) is 0. The summed E-state index contributed by atoms with van der Waals surface area (Å²) in [6.07, 6.45) is 2.69. The first kappa shape index (κ1) is 13.3. The number of rotatable bonds is 4. The molecule has 2 rings (SSSR count). The van der Waals surface area contributed by atoms with E-state index in [-0.39, 0.29) is 17.9 Å². The van der Waals surface area contributed by atoms with Crippen molar-refractivity contribution in [2.75, 3.05) is 25.4 Å². The number of sulfonamides is 1. The van der Waals surface area contributed by atoms with E-state index in [1.54, 1.807) is 0 Å². The lowest BCUT2D eigenvalue weighted by Gasteiger charge is -2.24. The fraction of sp³-hybridized carbons (Fsp3) is 1.00. The molecule has 0 aliphatic carbocycles. The number of ether oxygens (including phenoxy) is 1. The monoisotopic (exact) mass is 262 g/mol. The molecule has 0 aromatic rings. The third-order valence-corrected chi connectivity index (χ3v) is 5.19. The fourth-order valence-electron chi connectivity index (χ4n) is 2.52. The Morgan fingerprint density at radius 3 is 2.59 bits per heavy atom. The van der Waals surface area contributed by atoms with E-state index in [4.69, 9.17) is 4.74 Å². The smallest absolute Gasteiger partial charge is 0.212 e. The molecule has 2 aliphatic heterocycles. The van der Waals surface area contributed by atoms with Gasteiger partial charge >= 0.3 is 0 Å². The minimum Gasteiger partial charge on any atom is -0.377 e. The Labute approximate surface area is 103 Å². The molecule has 0 amide bonds. The van der Waals surface area contributed by atoms with Crippen molar-refractivity contribution in [1.29, 1.82) is 0 Å². The molecule has 2 N–H and O–H groups in total. The molecule has 6 heteroatoms. The average Bonchev–Trinajstić information content (AvgIpc) is 2.64. The van der Waals surface area contributed by atoms with Gasteiger partial charge in [0.15, 0.2) is 0 Å². The first-order valence-electron chi connectivity index (χ1n) is 6.39. The average molecular weight is 262 g/mol. The number of nitrogens with one attached hydrogen (secondary N) is 2. The maximum atomic E-state index is 12.0. The highest BCUT2D eigenvalue weighted by molar-refractivity contribution is 7.89. The van der Waals surface area contributed by atoms with Gasteiger partial charge in [-0.25, -0.2) is 13.1 Å². The summed E-state index contributed by atoms with van der Waals surface area (Å²) in [5.74, 6) is 0.559. The fourth-order valence-corrected chi connectivity index (χ4v) is 4.34. The quantitative estimate of drug-likeness (QED) is 0.753. The van der Waals surface area contributed by atoms with Crippen LogP contribution in [0.25, 0.3) is 0 Å². The van der Waals surface area contributed by atoms with Crippen molar-refractivity contribution in [1.82, 2.24) is 10.0 Å². The molecule has 0 aromatic carbocycles. The topological polar surface area (TPSA) is 67.4 Å². The van der Waals surface area contributed by atoms with Gasteiger partial charge in [-0.3, -0.25) is 0 Å². The third kappa shape index (κ3) is 3.91. The van der Waals surface area contributed by atoms with Crippen LogP contribution in [0.1, 0.15) is 26.2 Å². The molecule has 0 radical (unpaired) electrons. The van der Waals surface area contributed by atoms with Gasteiger partial charge in [0.1, 0.15) is 0 Å². The zero-order chi connectivity index (χ0) is 12.3. The highest BCUT2D eigenvalue weighted by atomic mass is 32.2. The summed E-state index contributed by atoms with van der Waals surface area (Å²) < 4.78 is 32.2. The molecule has 2 heterocycles. The highest BCUT2D eigenvalue weighted by Gasteiger charge is 2.30. The third-order valence-electron chi connectivity index (χ3n) is 3.62. The Kier molecular flexibility index (Phi) is 4.41. The molecular weight excluding hydrogens is 240 g/mol. The summed E-state index contributed by atoms with van der Waals surface area (Å²) in [6.45, 7) is 4.44. The second-order valence-corrected chi connectivity index (χ2v) is 6.86. The lowest BCUT2D eigenvalue weighted by Crippen LogP contribution is -2.42. The molecule has 0 spiro atoms. The number of hydrogen-bond donors (Lipinski definition) is 2. The van der Waals surface area contributed by atoms with Gasteiger partial charge in [0.25, 0.3) is 0 Å². The van der Waals surface area contributed by atoms with Gasteiger partial charge in [-0.1, -0.05) is 0 Å². The Hall–Kier alpha value is -0.170. The van der Waals surface area contributed by atoms with Crippen LogP contribution < -0.4 is 10.0 Å². The molecule has 0 aromatic heterocycles. The zero-order valence-corrected chi connectivity index (χ0v) is 11.1. The second kappa shape index (κ2) is 5.65. The summed E-state index contributed by atoms with van der Waals surface area (Å²) in [7, 11) is -3.16. The van der Waals surface area contributed by atoms with E-state index in [0.29, 0.717) is 12.5 Å². The molecule has 2 fully saturated rings. The van der Waals surface area contributed by atoms with E-state index in [9.17, 15) is 8.42 Å². The van der Waals surface area contributed by atoms with E-state index in [1.165, 1.54) is 0 Å². The predicted octanol–water partition coefficient (Wildman–Crippen LogP) is 0.0828. The summed E-state index contributed by atoms with van der Waals surface area (Å²) >= 11 is 0. The molecule has 2 aliphatic rings. The van der Waals surface area contributed by atoms with Crippen LogP contribution in [0.4, 0.5) is 0 Å². The number of hydrogen-bond acceptors (Lipinski definition) is 4. The lowest BCUT2D eigenvalue weighted by atomic mass is 10.0. The van der Waals surface area contributed by atoms with Gasteiger partial charge in [-0.2, -0.15) is 0 Å². The van der Waals surface area contributed by atoms with Crippen molar-refractivity contribution in [3.63, 3.8) is 0 Å². The molecule has 5 nitrogen and oxygen atoms in total. The summed E-state index contributed by atoms with van der Waals surface area (Å²) in [5, 5.41) is 3.25. The van der Waals surface area contributed by atoms with E-state index in [1.807, 2.05) is 6.92 Å². The van der Waals surface area contributed by atoms with E-state index < -0.39 is 10.0 Å². The predicted molar refractivity (Wildman–Crippen MR) is 66.3 cm³/mol. The van der Waals surface area contributed by atoms with Gasteiger partial charge < -0.3 is 10.1 Å². The Bertz CT molecular complexity index is 339. The molecule has 2 saturated heterocycles. The molecular formula is C11H22N2O3S. The van der Waals surface area contributed by atoms with Crippen LogP contribution in [0.5, 0.6) is 0 Å². The second-order valence-electron chi connectivity index (χ2n) is 5.06. The van der Waals surface area contributed by atoms with Crippen LogP contribution >= 0.6 is 0 Å². The van der Waals surface area contributed by atoms with Crippen LogP contribution in [-0.4, -0.2) is 46.0 Å². The van der Waals surface area contributed by atoms with Crippen molar-refractivity contribution >= 4 is 10.0 Å². The highest BCUT2D eigenvalue weighted by Crippen LogP contribution is 2.17. The van der Waals surface area contributed by atoms with Crippen molar-refractivity contribution in [3.05, 3.63) is 0 Å². The normalized spacial score (nSPS) is 31.8. The van der Waals surface area contributed by atoms with Gasteiger partial charge in [-0.05, 0) is 45.2 Å². The molecule has 100 valence electrons. The molecule has 2 atom stereocenters. The van der Waals surface area contributed by atoms with Crippen molar-refractivity contribution < 1.29 is 13.2 Å². The van der Waals surface area contributed by atoms with Gasteiger partial charge in [0.05, 0.1) is 11.9 Å². The van der Waals surface area contributed by atoms with Gasteiger partial charge in [-0.15, -0.1) is 0 Å². The Balaban J connectivity index is 1.85. The first-order valence-corrected chi connectivity index (χ1v) is 8.04. The maximum Gasteiger partial charge on any atom is 0.212 e. The SMILES string of the molecule is CC1OCCC1NS(=O)(=O)CC1CCNCC1. The van der Waals surface area contributed by atoms with E-state index in [0.717, 1.165) is 32.4 Å². The minimum atomic E-state index is -3.16. The molecule has 17 heavy (non-hydrogen) atoms.